The Hall–Kier alpha value is -1.29. The average Bonchev–Trinajstić information content (AvgIpc) is 2.96. The number of hydrogen-bond acceptors (Lipinski definition) is 1. The number of rotatable bonds is 2. The van der Waals surface area contributed by atoms with Gasteiger partial charge in [-0.1, -0.05) is 49.9 Å². The third kappa shape index (κ3) is 1.97. The van der Waals surface area contributed by atoms with Gasteiger partial charge in [-0.05, 0) is 36.3 Å². The molecular weight excluding hydrogens is 206 g/mol. The minimum atomic E-state index is -0.0846. The standard InChI is InChI=1S/C16H19N/c17-12-16(9-13-5-1-2-6-13)10-14-7-3-4-8-15(14)11-16/h3-4,7-8,13H,1-2,5-6,9-11H2. The van der Waals surface area contributed by atoms with Gasteiger partial charge >= 0.3 is 0 Å². The van der Waals surface area contributed by atoms with Gasteiger partial charge in [-0.15, -0.1) is 0 Å². The molecule has 0 aromatic heterocycles. The van der Waals surface area contributed by atoms with Crippen LogP contribution in [0, 0.1) is 22.7 Å². The van der Waals surface area contributed by atoms with E-state index in [4.69, 9.17) is 0 Å². The first-order valence-electron chi connectivity index (χ1n) is 6.79. The van der Waals surface area contributed by atoms with E-state index in [1.807, 2.05) is 0 Å². The zero-order valence-electron chi connectivity index (χ0n) is 10.3. The number of hydrogen-bond donors (Lipinski definition) is 0. The van der Waals surface area contributed by atoms with Gasteiger partial charge in [0.2, 0.25) is 0 Å². The molecule has 2 aliphatic carbocycles. The zero-order chi connectivity index (χ0) is 11.7. The molecule has 0 atom stereocenters. The van der Waals surface area contributed by atoms with Crippen LogP contribution < -0.4 is 0 Å². The molecular formula is C16H19N. The van der Waals surface area contributed by atoms with Crippen molar-refractivity contribution in [2.24, 2.45) is 11.3 Å². The smallest absolute Gasteiger partial charge is 0.0696 e. The third-order valence-electron chi connectivity index (χ3n) is 4.57. The molecule has 0 N–H and O–H groups in total. The highest BCUT2D eigenvalue weighted by atomic mass is 14.4. The highest BCUT2D eigenvalue weighted by molar-refractivity contribution is 5.37. The largest absolute Gasteiger partial charge is 0.198 e. The Morgan fingerprint density at radius 3 is 2.24 bits per heavy atom. The summed E-state index contributed by atoms with van der Waals surface area (Å²) in [6.45, 7) is 0. The van der Waals surface area contributed by atoms with Crippen molar-refractivity contribution in [3.8, 4) is 6.07 Å². The summed E-state index contributed by atoms with van der Waals surface area (Å²) in [5.74, 6) is 0.809. The van der Waals surface area contributed by atoms with Crippen LogP contribution in [-0.4, -0.2) is 0 Å². The lowest BCUT2D eigenvalue weighted by Crippen LogP contribution is -2.22. The quantitative estimate of drug-likeness (QED) is 0.749. The molecule has 0 aliphatic heterocycles. The molecule has 0 spiro atoms. The zero-order valence-corrected chi connectivity index (χ0v) is 10.3. The number of nitrogens with zero attached hydrogens (tertiary/aromatic N) is 1. The van der Waals surface area contributed by atoms with Crippen molar-refractivity contribution in [2.45, 2.75) is 44.9 Å². The van der Waals surface area contributed by atoms with Crippen molar-refractivity contribution >= 4 is 0 Å². The Balaban J connectivity index is 1.80. The van der Waals surface area contributed by atoms with E-state index in [2.05, 4.69) is 30.3 Å². The first-order valence-corrected chi connectivity index (χ1v) is 6.79. The lowest BCUT2D eigenvalue weighted by atomic mass is 9.77. The van der Waals surface area contributed by atoms with Crippen LogP contribution in [0.4, 0.5) is 0 Å². The lowest BCUT2D eigenvalue weighted by Gasteiger charge is -2.24. The Labute approximate surface area is 103 Å². The molecule has 1 saturated carbocycles. The summed E-state index contributed by atoms with van der Waals surface area (Å²) in [4.78, 5) is 0. The second-order valence-corrected chi connectivity index (χ2v) is 5.87. The van der Waals surface area contributed by atoms with Crippen LogP contribution in [0.2, 0.25) is 0 Å². The van der Waals surface area contributed by atoms with Crippen molar-refractivity contribution in [1.82, 2.24) is 0 Å². The van der Waals surface area contributed by atoms with Gasteiger partial charge in [0.05, 0.1) is 11.5 Å². The Kier molecular flexibility index (Phi) is 2.67. The molecule has 1 aromatic carbocycles. The van der Waals surface area contributed by atoms with E-state index in [1.165, 1.54) is 36.8 Å². The number of nitriles is 1. The fraction of sp³-hybridized carbons (Fsp3) is 0.562. The molecule has 1 heteroatoms. The molecule has 3 rings (SSSR count). The van der Waals surface area contributed by atoms with Crippen LogP contribution in [0.3, 0.4) is 0 Å². The van der Waals surface area contributed by atoms with E-state index in [0.29, 0.717) is 0 Å². The molecule has 17 heavy (non-hydrogen) atoms. The highest BCUT2D eigenvalue weighted by Gasteiger charge is 2.39. The van der Waals surface area contributed by atoms with Crippen molar-refractivity contribution in [3.05, 3.63) is 35.4 Å². The molecule has 0 saturated heterocycles. The van der Waals surface area contributed by atoms with E-state index < -0.39 is 0 Å². The summed E-state index contributed by atoms with van der Waals surface area (Å²) in [6, 6.07) is 11.2. The first-order chi connectivity index (χ1) is 8.31. The molecule has 88 valence electrons. The van der Waals surface area contributed by atoms with Crippen LogP contribution in [0.25, 0.3) is 0 Å². The average molecular weight is 225 g/mol. The Morgan fingerprint density at radius 1 is 1.12 bits per heavy atom. The van der Waals surface area contributed by atoms with Gasteiger partial charge in [-0.3, -0.25) is 0 Å². The molecule has 0 bridgehead atoms. The van der Waals surface area contributed by atoms with E-state index in [1.54, 1.807) is 0 Å². The van der Waals surface area contributed by atoms with Gasteiger partial charge in [-0.2, -0.15) is 5.26 Å². The van der Waals surface area contributed by atoms with Crippen LogP contribution >= 0.6 is 0 Å². The van der Waals surface area contributed by atoms with Gasteiger partial charge in [0, 0.05) is 0 Å². The van der Waals surface area contributed by atoms with Crippen molar-refractivity contribution in [2.75, 3.05) is 0 Å². The fourth-order valence-electron chi connectivity index (χ4n) is 3.73. The first kappa shape index (κ1) is 10.8. The van der Waals surface area contributed by atoms with E-state index in [-0.39, 0.29) is 5.41 Å². The molecule has 0 unspecified atom stereocenters. The minimum absolute atomic E-state index is 0.0846. The number of benzene rings is 1. The molecule has 1 nitrogen and oxygen atoms in total. The summed E-state index contributed by atoms with van der Waals surface area (Å²) < 4.78 is 0. The third-order valence-corrected chi connectivity index (χ3v) is 4.57. The van der Waals surface area contributed by atoms with E-state index in [9.17, 15) is 5.26 Å². The molecule has 2 aliphatic rings. The predicted molar refractivity (Wildman–Crippen MR) is 68.5 cm³/mol. The Bertz CT molecular complexity index is 424. The monoisotopic (exact) mass is 225 g/mol. The second kappa shape index (κ2) is 4.18. The molecule has 0 heterocycles. The SMILES string of the molecule is N#CC1(CC2CCCC2)Cc2ccccc2C1. The minimum Gasteiger partial charge on any atom is -0.198 e. The fourth-order valence-corrected chi connectivity index (χ4v) is 3.73. The van der Waals surface area contributed by atoms with Crippen LogP contribution in [0.15, 0.2) is 24.3 Å². The number of fused-ring (bicyclic) bond motifs is 1. The van der Waals surface area contributed by atoms with Gasteiger partial charge in [0.15, 0.2) is 0 Å². The summed E-state index contributed by atoms with van der Waals surface area (Å²) in [7, 11) is 0. The lowest BCUT2D eigenvalue weighted by molar-refractivity contribution is 0.304. The normalized spacial score (nSPS) is 22.3. The van der Waals surface area contributed by atoms with Gasteiger partial charge < -0.3 is 0 Å². The van der Waals surface area contributed by atoms with E-state index >= 15 is 0 Å². The van der Waals surface area contributed by atoms with Crippen LogP contribution in [0.1, 0.15) is 43.2 Å². The van der Waals surface area contributed by atoms with Gasteiger partial charge in [-0.25, -0.2) is 0 Å². The van der Waals surface area contributed by atoms with Gasteiger partial charge in [0.1, 0.15) is 0 Å². The van der Waals surface area contributed by atoms with E-state index in [0.717, 1.165) is 25.2 Å². The second-order valence-electron chi connectivity index (χ2n) is 5.87. The van der Waals surface area contributed by atoms with Crippen molar-refractivity contribution in [1.29, 1.82) is 5.26 Å². The van der Waals surface area contributed by atoms with Crippen molar-refractivity contribution < 1.29 is 0 Å². The molecule has 0 amide bonds. The highest BCUT2D eigenvalue weighted by Crippen LogP contribution is 2.44. The molecule has 1 fully saturated rings. The predicted octanol–water partition coefficient (Wildman–Crippen LogP) is 3.88. The van der Waals surface area contributed by atoms with Crippen molar-refractivity contribution in [3.63, 3.8) is 0 Å². The van der Waals surface area contributed by atoms with Crippen LogP contribution in [0.5, 0.6) is 0 Å². The summed E-state index contributed by atoms with van der Waals surface area (Å²) in [5.41, 5.74) is 2.73. The maximum atomic E-state index is 9.60. The van der Waals surface area contributed by atoms with Crippen LogP contribution in [-0.2, 0) is 12.8 Å². The maximum absolute atomic E-state index is 9.60. The summed E-state index contributed by atoms with van der Waals surface area (Å²) in [6.07, 6.45) is 8.53. The topological polar surface area (TPSA) is 23.8 Å². The maximum Gasteiger partial charge on any atom is 0.0696 e. The molecule has 1 aromatic rings. The Morgan fingerprint density at radius 2 is 1.71 bits per heavy atom. The summed E-state index contributed by atoms with van der Waals surface area (Å²) in [5, 5.41) is 9.60. The summed E-state index contributed by atoms with van der Waals surface area (Å²) >= 11 is 0. The van der Waals surface area contributed by atoms with Gasteiger partial charge in [0.25, 0.3) is 0 Å². The molecule has 0 radical (unpaired) electrons.